The maximum absolute atomic E-state index is 14.3. The minimum absolute atomic E-state index is 0.0517. The topological polar surface area (TPSA) is 85.2 Å². The van der Waals surface area contributed by atoms with Crippen molar-refractivity contribution in [1.82, 2.24) is 19.7 Å². The fraction of sp³-hybridized carbons (Fsp3) is 0.385. The van der Waals surface area contributed by atoms with Crippen molar-refractivity contribution in [1.29, 1.82) is 0 Å². The molecule has 1 aliphatic carbocycles. The van der Waals surface area contributed by atoms with Gasteiger partial charge in [0.15, 0.2) is 0 Å². The first kappa shape index (κ1) is 23.6. The van der Waals surface area contributed by atoms with Crippen molar-refractivity contribution >= 4 is 22.6 Å². The zero-order valence-electron chi connectivity index (χ0n) is 19.9. The normalized spacial score (nSPS) is 19.1. The van der Waals surface area contributed by atoms with Crippen molar-refractivity contribution in [3.8, 4) is 22.8 Å². The Hall–Kier alpha value is -3.10. The molecule has 7 nitrogen and oxygen atoms in total. The maximum atomic E-state index is 14.3. The smallest absolute Gasteiger partial charge is 0.240 e. The molecule has 1 aliphatic rings. The molecule has 0 bridgehead atoms. The van der Waals surface area contributed by atoms with Gasteiger partial charge in [0, 0.05) is 41.0 Å². The lowest BCUT2D eigenvalue weighted by molar-refractivity contribution is 0.107. The van der Waals surface area contributed by atoms with Crippen LogP contribution in [0.25, 0.3) is 22.2 Å². The van der Waals surface area contributed by atoms with Crippen LogP contribution < -0.4 is 9.47 Å². The lowest BCUT2D eigenvalue weighted by Crippen LogP contribution is -2.21. The number of aromatic amines is 1. The van der Waals surface area contributed by atoms with E-state index >= 15 is 0 Å². The molecule has 0 unspecified atom stereocenters. The van der Waals surface area contributed by atoms with E-state index in [-0.39, 0.29) is 23.1 Å². The van der Waals surface area contributed by atoms with Crippen molar-refractivity contribution in [3.05, 3.63) is 58.8 Å². The highest BCUT2D eigenvalue weighted by atomic mass is 35.5. The van der Waals surface area contributed by atoms with E-state index in [4.69, 9.17) is 21.1 Å². The number of nitrogens with zero attached hydrogens (tertiary/aromatic N) is 3. The number of aromatic nitrogens is 4. The summed E-state index contributed by atoms with van der Waals surface area (Å²) in [5.41, 5.74) is 3.93. The highest BCUT2D eigenvalue weighted by Crippen LogP contribution is 2.41. The highest BCUT2D eigenvalue weighted by Gasteiger charge is 2.25. The summed E-state index contributed by atoms with van der Waals surface area (Å²) in [7, 11) is 3.15. The second-order valence-corrected chi connectivity index (χ2v) is 9.44. The Bertz CT molecular complexity index is 1360. The SMILES string of the molecule is COc1ccc(F)c(Cl)c1[C@@H](C)c1c[nH]c2ncc(-c3cn([C@H]4CC[C@H](O)CC4)nc3OC)cc12. The third kappa shape index (κ3) is 4.25. The van der Waals surface area contributed by atoms with Crippen molar-refractivity contribution < 1.29 is 19.0 Å². The number of benzene rings is 1. The van der Waals surface area contributed by atoms with Crippen LogP contribution in [0.1, 0.15) is 55.7 Å². The van der Waals surface area contributed by atoms with Crippen LogP contribution in [-0.2, 0) is 0 Å². The van der Waals surface area contributed by atoms with Gasteiger partial charge < -0.3 is 19.6 Å². The molecule has 1 atom stereocenters. The van der Waals surface area contributed by atoms with Crippen LogP contribution >= 0.6 is 11.6 Å². The van der Waals surface area contributed by atoms with Gasteiger partial charge in [0.25, 0.3) is 0 Å². The molecule has 0 saturated heterocycles. The van der Waals surface area contributed by atoms with Gasteiger partial charge in [-0.3, -0.25) is 4.68 Å². The molecule has 2 N–H and O–H groups in total. The Morgan fingerprint density at radius 3 is 2.69 bits per heavy atom. The van der Waals surface area contributed by atoms with Gasteiger partial charge in [-0.05, 0) is 49.4 Å². The molecule has 0 spiro atoms. The number of fused-ring (bicyclic) bond motifs is 1. The fourth-order valence-corrected chi connectivity index (χ4v) is 5.37. The summed E-state index contributed by atoms with van der Waals surface area (Å²) in [5, 5.41) is 15.5. The molecule has 0 amide bonds. The molecule has 3 aromatic heterocycles. The molecule has 1 fully saturated rings. The number of rotatable bonds is 6. The van der Waals surface area contributed by atoms with Crippen LogP contribution in [0, 0.1) is 5.82 Å². The van der Waals surface area contributed by atoms with Gasteiger partial charge in [-0.2, -0.15) is 0 Å². The first-order valence-electron chi connectivity index (χ1n) is 11.7. The molecule has 35 heavy (non-hydrogen) atoms. The monoisotopic (exact) mass is 498 g/mol. The quantitative estimate of drug-likeness (QED) is 0.347. The summed E-state index contributed by atoms with van der Waals surface area (Å²) in [5.74, 6) is 0.317. The summed E-state index contributed by atoms with van der Waals surface area (Å²) in [4.78, 5) is 7.84. The molecule has 184 valence electrons. The van der Waals surface area contributed by atoms with E-state index in [1.165, 1.54) is 6.07 Å². The third-order valence-corrected chi connectivity index (χ3v) is 7.40. The summed E-state index contributed by atoms with van der Waals surface area (Å²) in [6.07, 6.45) is 8.72. The fourth-order valence-electron chi connectivity index (χ4n) is 5.05. The predicted octanol–water partition coefficient (Wildman–Crippen LogP) is 5.86. The average molecular weight is 499 g/mol. The van der Waals surface area contributed by atoms with Gasteiger partial charge in [-0.15, -0.1) is 5.10 Å². The van der Waals surface area contributed by atoms with Crippen LogP contribution in [0.15, 0.2) is 36.8 Å². The number of aliphatic hydroxyl groups excluding tert-OH is 1. The van der Waals surface area contributed by atoms with Crippen molar-refractivity contribution in [2.45, 2.75) is 50.7 Å². The zero-order chi connectivity index (χ0) is 24.7. The molecular formula is C26H28ClFN4O3. The average Bonchev–Trinajstić information content (AvgIpc) is 3.49. The van der Waals surface area contributed by atoms with Gasteiger partial charge in [0.05, 0.1) is 37.0 Å². The number of H-pyrrole nitrogens is 1. The largest absolute Gasteiger partial charge is 0.496 e. The van der Waals surface area contributed by atoms with Crippen LogP contribution in [0.2, 0.25) is 5.02 Å². The van der Waals surface area contributed by atoms with E-state index in [1.807, 2.05) is 30.1 Å². The number of halogens is 2. The first-order chi connectivity index (χ1) is 16.9. The molecule has 0 aliphatic heterocycles. The molecule has 4 aromatic rings. The molecule has 9 heteroatoms. The number of aliphatic hydroxyl groups is 1. The molecule has 1 aromatic carbocycles. The van der Waals surface area contributed by atoms with Crippen molar-refractivity contribution in [2.75, 3.05) is 14.2 Å². The Morgan fingerprint density at radius 2 is 1.97 bits per heavy atom. The van der Waals surface area contributed by atoms with E-state index in [1.54, 1.807) is 26.5 Å². The molecule has 5 rings (SSSR count). The van der Waals surface area contributed by atoms with Gasteiger partial charge in [0.1, 0.15) is 17.2 Å². The number of hydrogen-bond acceptors (Lipinski definition) is 5. The number of pyridine rings is 1. The predicted molar refractivity (Wildman–Crippen MR) is 133 cm³/mol. The molecule has 1 saturated carbocycles. The standard InChI is InChI=1S/C26H28ClFN4O3/c1-14(23-22(34-2)9-8-21(28)24(23)27)19-12-30-25-18(19)10-15(11-29-25)20-13-32(31-26(20)35-3)16-4-6-17(33)7-5-16/h8-14,16-17,33H,4-7H2,1-3H3,(H,29,30)/t14-,16-,17-/m0/s1. The number of nitrogens with one attached hydrogen (secondary N) is 1. The molecular weight excluding hydrogens is 471 g/mol. The Kier molecular flexibility index (Phi) is 6.42. The van der Waals surface area contributed by atoms with E-state index in [2.05, 4.69) is 15.1 Å². The third-order valence-electron chi connectivity index (χ3n) is 7.02. The lowest BCUT2D eigenvalue weighted by Gasteiger charge is -2.25. The van der Waals surface area contributed by atoms with Gasteiger partial charge >= 0.3 is 0 Å². The Morgan fingerprint density at radius 1 is 1.20 bits per heavy atom. The second kappa shape index (κ2) is 9.51. The molecule has 3 heterocycles. The summed E-state index contributed by atoms with van der Waals surface area (Å²) in [6, 6.07) is 5.17. The van der Waals surface area contributed by atoms with Crippen LogP contribution in [0.4, 0.5) is 4.39 Å². The van der Waals surface area contributed by atoms with Crippen molar-refractivity contribution in [3.63, 3.8) is 0 Å². The van der Waals surface area contributed by atoms with Gasteiger partial charge in [-0.1, -0.05) is 18.5 Å². The summed E-state index contributed by atoms with van der Waals surface area (Å²) in [6.45, 7) is 1.97. The lowest BCUT2D eigenvalue weighted by atomic mass is 9.91. The Balaban J connectivity index is 1.55. The van der Waals surface area contributed by atoms with Gasteiger partial charge in [0.2, 0.25) is 5.88 Å². The van der Waals surface area contributed by atoms with E-state index in [0.717, 1.165) is 53.4 Å². The van der Waals surface area contributed by atoms with Crippen LogP contribution in [0.3, 0.4) is 0 Å². The zero-order valence-corrected chi connectivity index (χ0v) is 20.6. The maximum Gasteiger partial charge on any atom is 0.240 e. The van der Waals surface area contributed by atoms with Crippen LogP contribution in [0.5, 0.6) is 11.6 Å². The Labute approximate surface area is 207 Å². The number of hydrogen-bond donors (Lipinski definition) is 2. The first-order valence-corrected chi connectivity index (χ1v) is 12.1. The van der Waals surface area contributed by atoms with E-state index < -0.39 is 5.82 Å². The second-order valence-electron chi connectivity index (χ2n) is 9.06. The number of ether oxygens (including phenoxy) is 2. The van der Waals surface area contributed by atoms with E-state index in [0.29, 0.717) is 17.2 Å². The number of methoxy groups -OCH3 is 2. The minimum atomic E-state index is -0.486. The van der Waals surface area contributed by atoms with Crippen LogP contribution in [-0.4, -0.2) is 45.2 Å². The van der Waals surface area contributed by atoms with Gasteiger partial charge in [-0.25, -0.2) is 9.37 Å². The van der Waals surface area contributed by atoms with E-state index in [9.17, 15) is 9.50 Å². The summed E-state index contributed by atoms with van der Waals surface area (Å²) < 4.78 is 27.3. The minimum Gasteiger partial charge on any atom is -0.496 e. The summed E-state index contributed by atoms with van der Waals surface area (Å²) >= 11 is 6.37. The van der Waals surface area contributed by atoms with Crippen molar-refractivity contribution in [2.24, 2.45) is 0 Å². The molecule has 0 radical (unpaired) electrons. The highest BCUT2D eigenvalue weighted by molar-refractivity contribution is 6.31.